The van der Waals surface area contributed by atoms with Crippen molar-refractivity contribution in [2.24, 2.45) is 5.73 Å². The van der Waals surface area contributed by atoms with Gasteiger partial charge in [0, 0.05) is 17.6 Å². The fourth-order valence-electron chi connectivity index (χ4n) is 2.73. The van der Waals surface area contributed by atoms with Gasteiger partial charge in [0.1, 0.15) is 11.8 Å². The Kier molecular flexibility index (Phi) is 5.00. The van der Waals surface area contributed by atoms with Gasteiger partial charge in [-0.3, -0.25) is 4.98 Å². The van der Waals surface area contributed by atoms with E-state index in [9.17, 15) is 0 Å². The average Bonchev–Trinajstić information content (AvgIpc) is 2.50. The SMILES string of the molecule is Cl.N#Cc1ccc(O[C@H]2CC[C@H](N)CC2)c2cccnc12. The van der Waals surface area contributed by atoms with Gasteiger partial charge in [0.05, 0.1) is 17.2 Å². The van der Waals surface area contributed by atoms with Gasteiger partial charge in [-0.15, -0.1) is 12.4 Å². The lowest BCUT2D eigenvalue weighted by Crippen LogP contribution is -2.31. The number of hydrogen-bond donors (Lipinski definition) is 1. The molecular weight excluding hydrogens is 286 g/mol. The first-order valence-corrected chi connectivity index (χ1v) is 6.98. The molecule has 1 aromatic carbocycles. The molecule has 0 atom stereocenters. The van der Waals surface area contributed by atoms with E-state index in [1.807, 2.05) is 18.2 Å². The predicted molar refractivity (Wildman–Crippen MR) is 84.6 cm³/mol. The fraction of sp³-hybridized carbons (Fsp3) is 0.375. The number of ether oxygens (including phenoxy) is 1. The van der Waals surface area contributed by atoms with Gasteiger partial charge in [-0.2, -0.15) is 5.26 Å². The molecule has 110 valence electrons. The van der Waals surface area contributed by atoms with Crippen LogP contribution in [0, 0.1) is 11.3 Å². The first-order chi connectivity index (χ1) is 9.78. The minimum Gasteiger partial charge on any atom is -0.490 e. The highest BCUT2D eigenvalue weighted by Crippen LogP contribution is 2.30. The van der Waals surface area contributed by atoms with E-state index < -0.39 is 0 Å². The third-order valence-corrected chi connectivity index (χ3v) is 3.86. The van der Waals surface area contributed by atoms with Crippen LogP contribution in [0.5, 0.6) is 5.75 Å². The predicted octanol–water partition coefficient (Wildman–Crippen LogP) is 3.18. The Bertz CT molecular complexity index is 660. The van der Waals surface area contributed by atoms with Crippen molar-refractivity contribution >= 4 is 23.3 Å². The summed E-state index contributed by atoms with van der Waals surface area (Å²) in [7, 11) is 0. The van der Waals surface area contributed by atoms with E-state index in [4.69, 9.17) is 15.7 Å². The number of nitrogens with two attached hydrogens (primary N) is 1. The van der Waals surface area contributed by atoms with E-state index in [0.717, 1.165) is 36.8 Å². The Labute approximate surface area is 130 Å². The van der Waals surface area contributed by atoms with Gasteiger partial charge < -0.3 is 10.5 Å². The molecular formula is C16H18ClN3O. The number of nitriles is 1. The van der Waals surface area contributed by atoms with Crippen molar-refractivity contribution in [3.05, 3.63) is 36.0 Å². The van der Waals surface area contributed by atoms with Crippen LogP contribution in [-0.4, -0.2) is 17.1 Å². The molecule has 0 bridgehead atoms. The Morgan fingerprint density at radius 3 is 2.67 bits per heavy atom. The van der Waals surface area contributed by atoms with Gasteiger partial charge in [-0.05, 0) is 49.9 Å². The number of rotatable bonds is 2. The molecule has 4 nitrogen and oxygen atoms in total. The summed E-state index contributed by atoms with van der Waals surface area (Å²) in [6, 6.07) is 9.95. The number of hydrogen-bond acceptors (Lipinski definition) is 4. The van der Waals surface area contributed by atoms with Gasteiger partial charge in [-0.25, -0.2) is 0 Å². The molecule has 2 aromatic rings. The molecule has 1 fully saturated rings. The van der Waals surface area contributed by atoms with Crippen molar-refractivity contribution in [2.45, 2.75) is 37.8 Å². The molecule has 0 radical (unpaired) electrons. The topological polar surface area (TPSA) is 71.9 Å². The van der Waals surface area contributed by atoms with Crippen LogP contribution < -0.4 is 10.5 Å². The minimum absolute atomic E-state index is 0. The Morgan fingerprint density at radius 1 is 1.19 bits per heavy atom. The summed E-state index contributed by atoms with van der Waals surface area (Å²) >= 11 is 0. The largest absolute Gasteiger partial charge is 0.490 e. The maximum Gasteiger partial charge on any atom is 0.129 e. The summed E-state index contributed by atoms with van der Waals surface area (Å²) in [5.41, 5.74) is 7.21. The van der Waals surface area contributed by atoms with Crippen molar-refractivity contribution in [1.82, 2.24) is 4.98 Å². The quantitative estimate of drug-likeness (QED) is 0.925. The molecule has 1 aliphatic rings. The summed E-state index contributed by atoms with van der Waals surface area (Å²) in [6.45, 7) is 0. The molecule has 2 N–H and O–H groups in total. The molecule has 1 saturated carbocycles. The zero-order valence-electron chi connectivity index (χ0n) is 11.7. The highest BCUT2D eigenvalue weighted by Gasteiger charge is 2.20. The molecule has 21 heavy (non-hydrogen) atoms. The third-order valence-electron chi connectivity index (χ3n) is 3.86. The molecule has 1 aliphatic carbocycles. The van der Waals surface area contributed by atoms with Crippen LogP contribution in [0.4, 0.5) is 0 Å². The second-order valence-electron chi connectivity index (χ2n) is 5.28. The summed E-state index contributed by atoms with van der Waals surface area (Å²) in [6.07, 6.45) is 5.92. The van der Waals surface area contributed by atoms with Gasteiger partial charge in [0.15, 0.2) is 0 Å². The van der Waals surface area contributed by atoms with Crippen molar-refractivity contribution in [3.63, 3.8) is 0 Å². The second-order valence-corrected chi connectivity index (χ2v) is 5.28. The number of nitrogens with zero attached hydrogens (tertiary/aromatic N) is 2. The highest BCUT2D eigenvalue weighted by molar-refractivity contribution is 5.89. The van der Waals surface area contributed by atoms with Crippen molar-refractivity contribution in [1.29, 1.82) is 5.26 Å². The molecule has 5 heteroatoms. The summed E-state index contributed by atoms with van der Waals surface area (Å²) in [4.78, 5) is 4.30. The van der Waals surface area contributed by atoms with E-state index in [1.54, 1.807) is 12.3 Å². The lowest BCUT2D eigenvalue weighted by Gasteiger charge is -2.27. The van der Waals surface area contributed by atoms with Crippen LogP contribution >= 0.6 is 12.4 Å². The minimum atomic E-state index is 0. The molecule has 3 rings (SSSR count). The number of pyridine rings is 1. The molecule has 0 unspecified atom stereocenters. The smallest absolute Gasteiger partial charge is 0.129 e. The summed E-state index contributed by atoms with van der Waals surface area (Å²) < 4.78 is 6.11. The first kappa shape index (κ1) is 15.6. The van der Waals surface area contributed by atoms with Crippen molar-refractivity contribution in [2.75, 3.05) is 0 Å². The van der Waals surface area contributed by atoms with Gasteiger partial charge in [0.25, 0.3) is 0 Å². The molecule has 1 aromatic heterocycles. The zero-order chi connectivity index (χ0) is 13.9. The van der Waals surface area contributed by atoms with Crippen LogP contribution in [0.2, 0.25) is 0 Å². The zero-order valence-corrected chi connectivity index (χ0v) is 12.5. The van der Waals surface area contributed by atoms with Gasteiger partial charge in [-0.1, -0.05) is 0 Å². The normalized spacial score (nSPS) is 21.3. The lowest BCUT2D eigenvalue weighted by molar-refractivity contribution is 0.149. The molecule has 0 amide bonds. The molecule has 0 saturated heterocycles. The maximum absolute atomic E-state index is 9.13. The summed E-state index contributed by atoms with van der Waals surface area (Å²) in [5, 5.41) is 10.0. The van der Waals surface area contributed by atoms with E-state index in [-0.39, 0.29) is 18.5 Å². The van der Waals surface area contributed by atoms with Crippen molar-refractivity contribution < 1.29 is 4.74 Å². The van der Waals surface area contributed by atoms with E-state index >= 15 is 0 Å². The second kappa shape index (κ2) is 6.75. The number of halogens is 1. The maximum atomic E-state index is 9.13. The molecule has 1 heterocycles. The lowest BCUT2D eigenvalue weighted by atomic mass is 9.93. The van der Waals surface area contributed by atoms with Crippen molar-refractivity contribution in [3.8, 4) is 11.8 Å². The molecule has 0 aliphatic heterocycles. The number of aromatic nitrogens is 1. The van der Waals surface area contributed by atoms with Crippen LogP contribution in [0.3, 0.4) is 0 Å². The Balaban J connectivity index is 0.00000161. The number of fused-ring (bicyclic) bond motifs is 1. The van der Waals surface area contributed by atoms with Gasteiger partial charge in [0.2, 0.25) is 0 Å². The first-order valence-electron chi connectivity index (χ1n) is 6.98. The highest BCUT2D eigenvalue weighted by atomic mass is 35.5. The molecule has 0 spiro atoms. The van der Waals surface area contributed by atoms with E-state index in [0.29, 0.717) is 17.1 Å². The third kappa shape index (κ3) is 3.26. The Hall–Kier alpha value is -1.83. The monoisotopic (exact) mass is 303 g/mol. The van der Waals surface area contributed by atoms with Crippen LogP contribution in [0.25, 0.3) is 10.9 Å². The van der Waals surface area contributed by atoms with Crippen LogP contribution in [-0.2, 0) is 0 Å². The van der Waals surface area contributed by atoms with Gasteiger partial charge >= 0.3 is 0 Å². The van der Waals surface area contributed by atoms with Crippen LogP contribution in [0.1, 0.15) is 31.2 Å². The average molecular weight is 304 g/mol. The Morgan fingerprint density at radius 2 is 1.95 bits per heavy atom. The van der Waals surface area contributed by atoms with Crippen LogP contribution in [0.15, 0.2) is 30.5 Å². The van der Waals surface area contributed by atoms with E-state index in [2.05, 4.69) is 11.1 Å². The van der Waals surface area contributed by atoms with E-state index in [1.165, 1.54) is 0 Å². The fourth-order valence-corrected chi connectivity index (χ4v) is 2.73. The number of benzene rings is 1. The summed E-state index contributed by atoms with van der Waals surface area (Å²) in [5.74, 6) is 0.813. The standard InChI is InChI=1S/C16H17N3O.ClH/c17-10-11-3-8-15(14-2-1-9-19-16(11)14)20-13-6-4-12(18)5-7-13;/h1-3,8-9,12-13H,4-7,18H2;1H/t12-,13-;.